The number of carbonyl (C=O) groups is 3. The van der Waals surface area contributed by atoms with E-state index in [1.54, 1.807) is 31.2 Å². The summed E-state index contributed by atoms with van der Waals surface area (Å²) in [7, 11) is 0. The third-order valence-corrected chi connectivity index (χ3v) is 10.3. The Balaban J connectivity index is 1.99. The Labute approximate surface area is 258 Å². The first kappa shape index (κ1) is 32.9. The van der Waals surface area contributed by atoms with Gasteiger partial charge in [0.15, 0.2) is 22.8 Å². The summed E-state index contributed by atoms with van der Waals surface area (Å²) in [4.78, 5) is 45.1. The number of hydrogen-bond donors (Lipinski definition) is 1. The molecule has 1 aliphatic heterocycles. The Morgan fingerprint density at radius 2 is 1.56 bits per heavy atom. The first-order valence-corrected chi connectivity index (χ1v) is 15.7. The van der Waals surface area contributed by atoms with Crippen molar-refractivity contribution in [2.24, 2.45) is 22.2 Å². The molecule has 2 fully saturated rings. The molecule has 4 rings (SSSR count). The van der Waals surface area contributed by atoms with Crippen LogP contribution in [-0.2, 0) is 14.3 Å². The molecule has 1 saturated heterocycles. The minimum atomic E-state index is -1.90. The molecule has 43 heavy (non-hydrogen) atoms. The van der Waals surface area contributed by atoms with E-state index >= 15 is 9.59 Å². The first-order chi connectivity index (χ1) is 20.0. The number of Topliss-reactive ketones (excluding diaryl/α,β-unsaturated/α-hetero) is 3. The summed E-state index contributed by atoms with van der Waals surface area (Å²) < 4.78 is 6.63. The van der Waals surface area contributed by atoms with Crippen molar-refractivity contribution in [3.05, 3.63) is 82.2 Å². The number of aliphatic hydroxyl groups is 1. The summed E-state index contributed by atoms with van der Waals surface area (Å²) in [5.74, 6) is -0.972. The third-order valence-electron chi connectivity index (χ3n) is 10.3. The van der Waals surface area contributed by atoms with Gasteiger partial charge in [0, 0.05) is 17.6 Å². The van der Waals surface area contributed by atoms with Gasteiger partial charge in [0.1, 0.15) is 11.9 Å². The number of hydrogen-bond acceptors (Lipinski definition) is 5. The summed E-state index contributed by atoms with van der Waals surface area (Å²) in [5, 5.41) is 11.8. The molecule has 1 heterocycles. The fourth-order valence-electron chi connectivity index (χ4n) is 7.60. The van der Waals surface area contributed by atoms with Crippen molar-refractivity contribution in [2.75, 3.05) is 0 Å². The quantitative estimate of drug-likeness (QED) is 0.169. The highest BCUT2D eigenvalue weighted by Crippen LogP contribution is 2.69. The molecule has 5 nitrogen and oxygen atoms in total. The zero-order chi connectivity index (χ0) is 32.0. The number of rotatable bonds is 10. The molecular formula is C38H50O5. The molecule has 0 amide bonds. The average molecular weight is 587 g/mol. The van der Waals surface area contributed by atoms with Crippen LogP contribution in [0.1, 0.15) is 111 Å². The maximum Gasteiger partial charge on any atom is 0.184 e. The lowest BCUT2D eigenvalue weighted by Crippen LogP contribution is -2.69. The van der Waals surface area contributed by atoms with Gasteiger partial charge in [0.25, 0.3) is 0 Å². The number of carbonyl (C=O) groups excluding carboxylic acids is 3. The molecule has 5 heteroatoms. The Hall–Kier alpha value is -3.05. The first-order valence-electron chi connectivity index (χ1n) is 15.7. The van der Waals surface area contributed by atoms with E-state index in [1.807, 2.05) is 67.5 Å². The van der Waals surface area contributed by atoms with E-state index in [9.17, 15) is 9.90 Å². The molecule has 1 aromatic carbocycles. The molecule has 232 valence electrons. The van der Waals surface area contributed by atoms with Crippen molar-refractivity contribution in [1.82, 2.24) is 0 Å². The number of fused-ring (bicyclic) bond motifs is 1. The van der Waals surface area contributed by atoms with E-state index in [4.69, 9.17) is 4.74 Å². The van der Waals surface area contributed by atoms with Crippen molar-refractivity contribution < 1.29 is 24.2 Å². The lowest BCUT2D eigenvalue weighted by Gasteiger charge is -2.58. The smallest absolute Gasteiger partial charge is 0.184 e. The minimum absolute atomic E-state index is 0.144. The summed E-state index contributed by atoms with van der Waals surface area (Å²) in [6.45, 7) is 17.7. The van der Waals surface area contributed by atoms with Crippen LogP contribution < -0.4 is 0 Å². The van der Waals surface area contributed by atoms with Gasteiger partial charge >= 0.3 is 0 Å². The maximum atomic E-state index is 15.2. The van der Waals surface area contributed by atoms with Gasteiger partial charge in [-0.15, -0.1) is 0 Å². The highest BCUT2D eigenvalue weighted by atomic mass is 16.5. The monoisotopic (exact) mass is 586 g/mol. The van der Waals surface area contributed by atoms with Crippen LogP contribution in [0, 0.1) is 22.2 Å². The molecular weight excluding hydrogens is 536 g/mol. The normalized spacial score (nSPS) is 28.8. The molecule has 1 saturated carbocycles. The van der Waals surface area contributed by atoms with Crippen LogP contribution in [0.2, 0.25) is 0 Å². The predicted molar refractivity (Wildman–Crippen MR) is 171 cm³/mol. The maximum absolute atomic E-state index is 15.2. The summed E-state index contributed by atoms with van der Waals surface area (Å²) in [5.41, 5.74) is -1.13. The van der Waals surface area contributed by atoms with E-state index in [0.29, 0.717) is 42.6 Å². The molecule has 1 N–H and O–H groups in total. The lowest BCUT2D eigenvalue weighted by molar-refractivity contribution is -0.162. The van der Waals surface area contributed by atoms with Gasteiger partial charge in [-0.1, -0.05) is 79.1 Å². The van der Waals surface area contributed by atoms with E-state index in [-0.39, 0.29) is 24.5 Å². The average Bonchev–Trinajstić information content (AvgIpc) is 3.31. The van der Waals surface area contributed by atoms with E-state index in [1.165, 1.54) is 5.57 Å². The Morgan fingerprint density at radius 3 is 2.14 bits per heavy atom. The number of ether oxygens (including phenoxy) is 1. The minimum Gasteiger partial charge on any atom is -0.490 e. The van der Waals surface area contributed by atoms with Gasteiger partial charge in [-0.3, -0.25) is 14.4 Å². The molecule has 2 aliphatic carbocycles. The van der Waals surface area contributed by atoms with Crippen LogP contribution >= 0.6 is 0 Å². The van der Waals surface area contributed by atoms with Crippen molar-refractivity contribution in [1.29, 1.82) is 0 Å². The van der Waals surface area contributed by atoms with Crippen LogP contribution in [0.4, 0.5) is 0 Å². The van der Waals surface area contributed by atoms with Crippen molar-refractivity contribution in [3.63, 3.8) is 0 Å². The standard InChI is InChI=1S/C38H50O5/c1-24(2)14-13-21-36(9,42)30-23-37-22-28(19-17-25(3)4)35(7,8)38(34(37)41,31(39)27-15-11-10-12-16-27)32(40)29(33(37)43-30)20-18-26(5)6/h10-12,14-18,28,30,42H,13,19-23H2,1-9H3/t28-,30-,36-,37-,38+/m1/s1. The topological polar surface area (TPSA) is 80.7 Å². The molecule has 0 radical (unpaired) electrons. The lowest BCUT2D eigenvalue weighted by atomic mass is 9.39. The van der Waals surface area contributed by atoms with Crippen molar-refractivity contribution >= 4 is 17.3 Å². The largest absolute Gasteiger partial charge is 0.490 e. The highest BCUT2D eigenvalue weighted by molar-refractivity contribution is 6.36. The van der Waals surface area contributed by atoms with Crippen molar-refractivity contribution in [3.8, 4) is 0 Å². The predicted octanol–water partition coefficient (Wildman–Crippen LogP) is 8.29. The van der Waals surface area contributed by atoms with Crippen LogP contribution in [0.25, 0.3) is 0 Å². The van der Waals surface area contributed by atoms with Crippen LogP contribution in [-0.4, -0.2) is 34.2 Å². The Morgan fingerprint density at radius 1 is 0.953 bits per heavy atom. The Kier molecular flexibility index (Phi) is 9.02. The van der Waals surface area contributed by atoms with Gasteiger partial charge in [-0.2, -0.15) is 0 Å². The van der Waals surface area contributed by atoms with Crippen molar-refractivity contribution in [2.45, 2.75) is 113 Å². The van der Waals surface area contributed by atoms with E-state index in [0.717, 1.165) is 11.1 Å². The molecule has 5 atom stereocenters. The second-order valence-electron chi connectivity index (χ2n) is 14.6. The van der Waals surface area contributed by atoms with Crippen LogP contribution in [0.15, 0.2) is 76.6 Å². The van der Waals surface area contributed by atoms with Gasteiger partial charge in [0.05, 0.1) is 11.0 Å². The summed E-state index contributed by atoms with van der Waals surface area (Å²) in [6.07, 6.45) is 8.28. The fourth-order valence-corrected chi connectivity index (χ4v) is 7.60. The molecule has 0 unspecified atom stereocenters. The number of allylic oxidation sites excluding steroid dienone is 8. The summed E-state index contributed by atoms with van der Waals surface area (Å²) in [6, 6.07) is 8.79. The fraction of sp³-hybridized carbons (Fsp3) is 0.553. The Bertz CT molecular complexity index is 1410. The third kappa shape index (κ3) is 5.43. The van der Waals surface area contributed by atoms with Gasteiger partial charge in [-0.05, 0) is 91.9 Å². The molecule has 0 aromatic heterocycles. The number of benzene rings is 1. The van der Waals surface area contributed by atoms with Gasteiger partial charge in [0.2, 0.25) is 0 Å². The molecule has 1 aromatic rings. The molecule has 2 bridgehead atoms. The summed E-state index contributed by atoms with van der Waals surface area (Å²) >= 11 is 0. The van der Waals surface area contributed by atoms with Crippen LogP contribution in [0.5, 0.6) is 0 Å². The van der Waals surface area contributed by atoms with E-state index < -0.39 is 39.5 Å². The zero-order valence-corrected chi connectivity index (χ0v) is 27.6. The second-order valence-corrected chi connectivity index (χ2v) is 14.6. The molecule has 3 aliphatic rings. The second kappa shape index (κ2) is 11.8. The highest BCUT2D eigenvalue weighted by Gasteiger charge is 2.77. The zero-order valence-electron chi connectivity index (χ0n) is 27.6. The number of ketones is 3. The SMILES string of the molecule is CC(C)=CCC[C@@](C)(O)[C@H]1C[C@]23C[C@@H](CC=C(C)C)C(C)(C)[C@@](C(=O)c4ccccc4)(C(=O)C(CC=C(C)C)=C2O1)C3=O. The van der Waals surface area contributed by atoms with E-state index in [2.05, 4.69) is 12.2 Å². The van der Waals surface area contributed by atoms with Gasteiger partial charge in [-0.25, -0.2) is 0 Å². The van der Waals surface area contributed by atoms with Crippen LogP contribution in [0.3, 0.4) is 0 Å². The van der Waals surface area contributed by atoms with Gasteiger partial charge < -0.3 is 9.84 Å². The molecule has 1 spiro atoms.